The van der Waals surface area contributed by atoms with Gasteiger partial charge in [0.2, 0.25) is 5.91 Å². The van der Waals surface area contributed by atoms with Crippen LogP contribution in [-0.4, -0.2) is 30.4 Å². The molecule has 0 aliphatic carbocycles. The van der Waals surface area contributed by atoms with Crippen molar-refractivity contribution in [2.45, 2.75) is 32.6 Å². The summed E-state index contributed by atoms with van der Waals surface area (Å²) in [4.78, 5) is 14.5. The molecule has 4 heteroatoms. The maximum atomic E-state index is 12.4. The number of nitrogens with zero attached hydrogens (tertiary/aromatic N) is 1. The fourth-order valence-corrected chi connectivity index (χ4v) is 3.69. The van der Waals surface area contributed by atoms with E-state index >= 15 is 0 Å². The number of hydrogen-bond donors (Lipinski definition) is 1. The predicted octanol–water partition coefficient (Wildman–Crippen LogP) is 4.93. The number of nitrogens with one attached hydrogen (secondary N) is 1. The van der Waals surface area contributed by atoms with Crippen molar-refractivity contribution in [2.24, 2.45) is 5.92 Å². The number of anilines is 1. The highest BCUT2D eigenvalue weighted by Crippen LogP contribution is 2.22. The van der Waals surface area contributed by atoms with Crippen LogP contribution in [0.2, 0.25) is 5.02 Å². The molecular formula is C22H27ClN2O. The van der Waals surface area contributed by atoms with Crippen molar-refractivity contribution in [1.82, 2.24) is 4.90 Å². The van der Waals surface area contributed by atoms with Gasteiger partial charge in [0.1, 0.15) is 0 Å². The summed E-state index contributed by atoms with van der Waals surface area (Å²) in [7, 11) is 0. The Labute approximate surface area is 161 Å². The van der Waals surface area contributed by atoms with E-state index in [0.29, 0.717) is 18.9 Å². The van der Waals surface area contributed by atoms with Crippen LogP contribution in [-0.2, 0) is 11.2 Å². The number of hydrogen-bond acceptors (Lipinski definition) is 2. The van der Waals surface area contributed by atoms with Crippen LogP contribution in [0.25, 0.3) is 0 Å². The highest BCUT2D eigenvalue weighted by molar-refractivity contribution is 6.31. The molecule has 0 atom stereocenters. The highest BCUT2D eigenvalue weighted by atomic mass is 35.5. The first-order valence-electron chi connectivity index (χ1n) is 9.43. The van der Waals surface area contributed by atoms with Gasteiger partial charge >= 0.3 is 0 Å². The van der Waals surface area contributed by atoms with Crippen LogP contribution in [0.15, 0.2) is 48.5 Å². The van der Waals surface area contributed by atoms with Gasteiger partial charge in [-0.2, -0.15) is 0 Å². The van der Waals surface area contributed by atoms with Crippen molar-refractivity contribution >= 4 is 23.2 Å². The van der Waals surface area contributed by atoms with E-state index in [1.54, 1.807) is 0 Å². The summed E-state index contributed by atoms with van der Waals surface area (Å²) in [5.41, 5.74) is 3.43. The molecule has 0 saturated carbocycles. The van der Waals surface area contributed by atoms with E-state index in [2.05, 4.69) is 35.6 Å². The number of piperidine rings is 1. The number of halogens is 1. The predicted molar refractivity (Wildman–Crippen MR) is 109 cm³/mol. The summed E-state index contributed by atoms with van der Waals surface area (Å²) in [6.07, 6.45) is 3.84. The van der Waals surface area contributed by atoms with Gasteiger partial charge in [-0.05, 0) is 55.4 Å². The monoisotopic (exact) mass is 370 g/mol. The van der Waals surface area contributed by atoms with Crippen LogP contribution < -0.4 is 5.32 Å². The zero-order valence-electron chi connectivity index (χ0n) is 15.4. The highest BCUT2D eigenvalue weighted by Gasteiger charge is 2.22. The minimum absolute atomic E-state index is 0.244. The van der Waals surface area contributed by atoms with Crippen LogP contribution in [0, 0.1) is 12.8 Å². The number of likely N-dealkylation sites (tertiary alicyclic amines) is 1. The first-order chi connectivity index (χ1) is 12.6. The number of benzene rings is 2. The molecule has 0 spiro atoms. The van der Waals surface area contributed by atoms with E-state index in [-0.39, 0.29) is 5.91 Å². The Morgan fingerprint density at radius 1 is 1.15 bits per heavy atom. The minimum atomic E-state index is 0.244. The molecule has 0 unspecified atom stereocenters. The molecule has 2 aromatic rings. The molecule has 1 heterocycles. The van der Waals surface area contributed by atoms with Gasteiger partial charge in [-0.3, -0.25) is 4.79 Å². The lowest BCUT2D eigenvalue weighted by molar-refractivity contribution is -0.132. The molecule has 3 rings (SSSR count). The van der Waals surface area contributed by atoms with Crippen LogP contribution in [0.5, 0.6) is 0 Å². The second kappa shape index (κ2) is 9.09. The van der Waals surface area contributed by atoms with Gasteiger partial charge in [0.05, 0.1) is 0 Å². The second-order valence-electron chi connectivity index (χ2n) is 7.15. The Hall–Kier alpha value is -2.00. The van der Waals surface area contributed by atoms with E-state index in [4.69, 9.17) is 11.6 Å². The second-order valence-corrected chi connectivity index (χ2v) is 7.56. The van der Waals surface area contributed by atoms with Crippen molar-refractivity contribution in [3.8, 4) is 0 Å². The molecule has 1 aliphatic rings. The van der Waals surface area contributed by atoms with Gasteiger partial charge in [0.25, 0.3) is 0 Å². The summed E-state index contributed by atoms with van der Waals surface area (Å²) < 4.78 is 0. The molecule has 26 heavy (non-hydrogen) atoms. The summed E-state index contributed by atoms with van der Waals surface area (Å²) >= 11 is 6.13. The molecule has 0 radical (unpaired) electrons. The Kier molecular flexibility index (Phi) is 6.56. The van der Waals surface area contributed by atoms with E-state index in [0.717, 1.165) is 48.6 Å². The third-order valence-electron chi connectivity index (χ3n) is 5.17. The maximum Gasteiger partial charge on any atom is 0.224 e. The Morgan fingerprint density at radius 3 is 2.58 bits per heavy atom. The lowest BCUT2D eigenvalue weighted by atomic mass is 9.90. The van der Waals surface area contributed by atoms with Crippen LogP contribution in [0.1, 0.15) is 30.4 Å². The van der Waals surface area contributed by atoms with Crippen molar-refractivity contribution < 1.29 is 4.79 Å². The molecule has 0 aromatic heterocycles. The van der Waals surface area contributed by atoms with Gasteiger partial charge in [-0.1, -0.05) is 48.0 Å². The third kappa shape index (κ3) is 5.25. The Morgan fingerprint density at radius 2 is 1.88 bits per heavy atom. The van der Waals surface area contributed by atoms with E-state index in [1.807, 2.05) is 30.0 Å². The first kappa shape index (κ1) is 18.8. The molecule has 1 aliphatic heterocycles. The topological polar surface area (TPSA) is 32.3 Å². The van der Waals surface area contributed by atoms with Gasteiger partial charge < -0.3 is 10.2 Å². The Bertz CT molecular complexity index is 724. The number of carbonyl (C=O) groups excluding carboxylic acids is 1. The van der Waals surface area contributed by atoms with Gasteiger partial charge in [0, 0.05) is 36.8 Å². The largest absolute Gasteiger partial charge is 0.384 e. The van der Waals surface area contributed by atoms with Crippen molar-refractivity contribution in [3.05, 3.63) is 64.7 Å². The van der Waals surface area contributed by atoms with E-state index in [1.165, 1.54) is 5.56 Å². The molecule has 1 amide bonds. The first-order valence-corrected chi connectivity index (χ1v) is 9.81. The SMILES string of the molecule is Cc1ccc(NCCC(=O)N2CCC(Cc3ccccc3)CC2)cc1Cl. The molecule has 1 fully saturated rings. The van der Waals surface area contributed by atoms with Gasteiger partial charge in [-0.15, -0.1) is 0 Å². The van der Waals surface area contributed by atoms with Crippen LogP contribution >= 0.6 is 11.6 Å². The van der Waals surface area contributed by atoms with Gasteiger partial charge in [0.15, 0.2) is 0 Å². The van der Waals surface area contributed by atoms with Crippen molar-refractivity contribution in [1.29, 1.82) is 0 Å². The number of carbonyl (C=O) groups is 1. The summed E-state index contributed by atoms with van der Waals surface area (Å²) in [5, 5.41) is 4.04. The number of rotatable bonds is 6. The average molecular weight is 371 g/mol. The molecule has 3 nitrogen and oxygen atoms in total. The zero-order valence-corrected chi connectivity index (χ0v) is 16.1. The van der Waals surface area contributed by atoms with Gasteiger partial charge in [-0.25, -0.2) is 0 Å². The smallest absolute Gasteiger partial charge is 0.224 e. The van der Waals surface area contributed by atoms with Crippen LogP contribution in [0.3, 0.4) is 0 Å². The minimum Gasteiger partial charge on any atom is -0.384 e. The van der Waals surface area contributed by atoms with Crippen molar-refractivity contribution in [2.75, 3.05) is 25.0 Å². The standard InChI is InChI=1S/C22H27ClN2O/c1-17-7-8-20(16-21(17)23)24-12-9-22(26)25-13-10-19(11-14-25)15-18-5-3-2-4-6-18/h2-8,16,19,24H,9-15H2,1H3. The average Bonchev–Trinajstić information content (AvgIpc) is 2.66. The summed E-state index contributed by atoms with van der Waals surface area (Å²) in [6.45, 7) is 4.39. The summed E-state index contributed by atoms with van der Waals surface area (Å²) in [5.74, 6) is 0.933. The molecular weight excluding hydrogens is 344 g/mol. The molecule has 0 bridgehead atoms. The lowest BCUT2D eigenvalue weighted by Gasteiger charge is -2.32. The lowest BCUT2D eigenvalue weighted by Crippen LogP contribution is -2.39. The summed E-state index contributed by atoms with van der Waals surface area (Å²) in [6, 6.07) is 16.6. The van der Waals surface area contributed by atoms with Crippen LogP contribution in [0.4, 0.5) is 5.69 Å². The normalized spacial score (nSPS) is 15.1. The number of aryl methyl sites for hydroxylation is 1. The fourth-order valence-electron chi connectivity index (χ4n) is 3.51. The molecule has 1 N–H and O–H groups in total. The van der Waals surface area contributed by atoms with E-state index in [9.17, 15) is 4.79 Å². The van der Waals surface area contributed by atoms with E-state index < -0.39 is 0 Å². The quantitative estimate of drug-likeness (QED) is 0.781. The fraction of sp³-hybridized carbons (Fsp3) is 0.409. The Balaban J connectivity index is 1.38. The zero-order chi connectivity index (χ0) is 18.4. The van der Waals surface area contributed by atoms with Crippen molar-refractivity contribution in [3.63, 3.8) is 0 Å². The third-order valence-corrected chi connectivity index (χ3v) is 5.58. The maximum absolute atomic E-state index is 12.4. The molecule has 1 saturated heterocycles. The number of amides is 1. The molecule has 2 aromatic carbocycles. The molecule has 138 valence electrons.